The van der Waals surface area contributed by atoms with Crippen molar-refractivity contribution in [3.63, 3.8) is 0 Å². The normalized spacial score (nSPS) is 17.5. The van der Waals surface area contributed by atoms with Crippen LogP contribution in [0.25, 0.3) is 16.8 Å². The molecule has 34 heavy (non-hydrogen) atoms. The molecule has 1 aliphatic heterocycles. The molecule has 0 N–H and O–H groups in total. The number of allylic oxidation sites excluding steroid dienone is 4. The van der Waals surface area contributed by atoms with Gasteiger partial charge < -0.3 is 4.90 Å². The van der Waals surface area contributed by atoms with Crippen molar-refractivity contribution in [2.24, 2.45) is 0 Å². The van der Waals surface area contributed by atoms with Crippen molar-refractivity contribution in [1.29, 1.82) is 0 Å². The second-order valence-electron chi connectivity index (χ2n) is 8.49. The van der Waals surface area contributed by atoms with E-state index in [0.717, 1.165) is 25.7 Å². The van der Waals surface area contributed by atoms with Crippen molar-refractivity contribution >= 4 is 11.6 Å². The minimum atomic E-state index is -0.615. The third-order valence-corrected chi connectivity index (χ3v) is 6.18. The Labute approximate surface area is 198 Å². The van der Waals surface area contributed by atoms with Gasteiger partial charge in [0.15, 0.2) is 0 Å². The van der Waals surface area contributed by atoms with Crippen molar-refractivity contribution < 1.29 is 13.6 Å². The highest BCUT2D eigenvalue weighted by molar-refractivity contribution is 5.80. The molecule has 4 rings (SSSR count). The van der Waals surface area contributed by atoms with Gasteiger partial charge in [-0.15, -0.1) is 5.10 Å². The summed E-state index contributed by atoms with van der Waals surface area (Å²) in [6, 6.07) is 16.8. The van der Waals surface area contributed by atoms with Gasteiger partial charge in [0.1, 0.15) is 17.3 Å². The second-order valence-corrected chi connectivity index (χ2v) is 8.49. The molecule has 0 saturated carbocycles. The quantitative estimate of drug-likeness (QED) is 0.402. The molecule has 5 nitrogen and oxygen atoms in total. The van der Waals surface area contributed by atoms with E-state index in [0.29, 0.717) is 23.4 Å². The molecule has 7 heteroatoms. The molecule has 1 unspecified atom stereocenters. The summed E-state index contributed by atoms with van der Waals surface area (Å²) in [4.78, 5) is 15.2. The van der Waals surface area contributed by atoms with E-state index in [1.54, 1.807) is 30.5 Å². The van der Waals surface area contributed by atoms with Gasteiger partial charge in [-0.05, 0) is 50.7 Å². The average molecular weight is 463 g/mol. The number of amides is 1. The van der Waals surface area contributed by atoms with Crippen LogP contribution in [0.3, 0.4) is 0 Å². The lowest BCUT2D eigenvalue weighted by Gasteiger charge is -2.35. The Balaban J connectivity index is 1.52. The van der Waals surface area contributed by atoms with Gasteiger partial charge >= 0.3 is 6.03 Å². The number of nitrogens with zero attached hydrogens (tertiary/aromatic N) is 4. The maximum absolute atomic E-state index is 14.1. The first-order valence-electron chi connectivity index (χ1n) is 11.5. The van der Waals surface area contributed by atoms with Crippen LogP contribution in [0.5, 0.6) is 0 Å². The molecule has 1 amide bonds. The lowest BCUT2D eigenvalue weighted by atomic mass is 9.96. The Bertz CT molecular complexity index is 1190. The Morgan fingerprint density at radius 2 is 1.82 bits per heavy atom. The molecule has 3 aromatic rings. The lowest BCUT2D eigenvalue weighted by Crippen LogP contribution is -2.46. The number of aromatic nitrogens is 3. The van der Waals surface area contributed by atoms with E-state index in [4.69, 9.17) is 0 Å². The molecular weight excluding hydrogens is 434 g/mol. The van der Waals surface area contributed by atoms with Gasteiger partial charge in [-0.1, -0.05) is 65.9 Å². The smallest absolute Gasteiger partial charge is 0.320 e. The molecule has 2 heterocycles. The minimum Gasteiger partial charge on any atom is -0.320 e. The number of likely N-dealkylation sites (tertiary alicyclic amines) is 1. The summed E-state index contributed by atoms with van der Waals surface area (Å²) >= 11 is 0. The summed E-state index contributed by atoms with van der Waals surface area (Å²) in [7, 11) is 0. The average Bonchev–Trinajstić information content (AvgIpc) is 3.35. The van der Waals surface area contributed by atoms with E-state index < -0.39 is 11.7 Å². The molecule has 0 radical (unpaired) electrons. The van der Waals surface area contributed by atoms with Crippen LogP contribution < -0.4 is 0 Å². The molecule has 2 aromatic carbocycles. The summed E-state index contributed by atoms with van der Waals surface area (Å²) in [6.07, 6.45) is 6.66. The summed E-state index contributed by atoms with van der Waals surface area (Å²) in [5.41, 5.74) is 2.80. The number of carbonyl (C=O) groups excluding carboxylic acids is 1. The third kappa shape index (κ3) is 5.14. The minimum absolute atomic E-state index is 0.0672. The predicted octanol–water partition coefficient (Wildman–Crippen LogP) is 6.58. The van der Waals surface area contributed by atoms with Crippen molar-refractivity contribution in [3.8, 4) is 11.3 Å². The topological polar surface area (TPSA) is 51.0 Å². The van der Waals surface area contributed by atoms with E-state index in [1.807, 2.05) is 23.1 Å². The highest BCUT2D eigenvalue weighted by Crippen LogP contribution is 2.30. The Kier molecular flexibility index (Phi) is 7.30. The van der Waals surface area contributed by atoms with E-state index in [-0.39, 0.29) is 17.6 Å². The molecule has 1 fully saturated rings. The van der Waals surface area contributed by atoms with Gasteiger partial charge in [-0.2, -0.15) is 4.68 Å². The monoisotopic (exact) mass is 462 g/mol. The van der Waals surface area contributed by atoms with Crippen LogP contribution in [0.2, 0.25) is 0 Å². The lowest BCUT2D eigenvalue weighted by molar-refractivity contribution is 0.149. The van der Waals surface area contributed by atoms with Crippen molar-refractivity contribution in [2.45, 2.75) is 45.6 Å². The number of halogens is 2. The first-order chi connectivity index (χ1) is 16.5. The number of rotatable bonds is 5. The van der Waals surface area contributed by atoms with Crippen molar-refractivity contribution in [2.75, 3.05) is 6.54 Å². The van der Waals surface area contributed by atoms with Crippen LogP contribution in [0.1, 0.15) is 44.2 Å². The predicted molar refractivity (Wildman–Crippen MR) is 129 cm³/mol. The van der Waals surface area contributed by atoms with Crippen LogP contribution in [-0.2, 0) is 6.42 Å². The van der Waals surface area contributed by atoms with Gasteiger partial charge in [-0.3, -0.25) is 0 Å². The molecule has 0 aliphatic carbocycles. The van der Waals surface area contributed by atoms with Crippen LogP contribution in [-0.4, -0.2) is 38.5 Å². The van der Waals surface area contributed by atoms with Gasteiger partial charge in [0.2, 0.25) is 0 Å². The second kappa shape index (κ2) is 10.5. The Morgan fingerprint density at radius 3 is 2.50 bits per heavy atom. The first kappa shape index (κ1) is 23.5. The van der Waals surface area contributed by atoms with Gasteiger partial charge in [-0.25, -0.2) is 13.6 Å². The summed E-state index contributed by atoms with van der Waals surface area (Å²) in [5, 5.41) is 8.24. The zero-order valence-electron chi connectivity index (χ0n) is 19.4. The number of hydrogen-bond donors (Lipinski definition) is 0. The molecule has 176 valence electrons. The van der Waals surface area contributed by atoms with E-state index in [2.05, 4.69) is 22.4 Å². The Hall–Kier alpha value is -3.61. The van der Waals surface area contributed by atoms with Crippen LogP contribution in [0.4, 0.5) is 13.6 Å². The maximum atomic E-state index is 14.1. The largest absolute Gasteiger partial charge is 0.346 e. The number of hydrogen-bond acceptors (Lipinski definition) is 3. The molecular formula is C27H28F2N4O. The number of benzene rings is 2. The molecule has 1 aromatic heterocycles. The summed E-state index contributed by atoms with van der Waals surface area (Å²) in [5.74, 6) is -1.21. The fourth-order valence-corrected chi connectivity index (χ4v) is 4.43. The van der Waals surface area contributed by atoms with Crippen molar-refractivity contribution in [3.05, 3.63) is 89.7 Å². The van der Waals surface area contributed by atoms with Crippen LogP contribution >= 0.6 is 0 Å². The van der Waals surface area contributed by atoms with E-state index in [9.17, 15) is 13.6 Å². The van der Waals surface area contributed by atoms with E-state index >= 15 is 0 Å². The molecule has 1 atom stereocenters. The summed E-state index contributed by atoms with van der Waals surface area (Å²) < 4.78 is 29.3. The van der Waals surface area contributed by atoms with Gasteiger partial charge in [0.05, 0.1) is 6.20 Å². The van der Waals surface area contributed by atoms with Crippen LogP contribution in [0, 0.1) is 0 Å². The van der Waals surface area contributed by atoms with Gasteiger partial charge in [0, 0.05) is 23.7 Å². The van der Waals surface area contributed by atoms with Crippen LogP contribution in [0.15, 0.2) is 78.5 Å². The Morgan fingerprint density at radius 1 is 1.09 bits per heavy atom. The van der Waals surface area contributed by atoms with Crippen molar-refractivity contribution in [1.82, 2.24) is 19.9 Å². The molecule has 1 saturated heterocycles. The molecule has 1 aliphatic rings. The fraction of sp³-hybridized carbons (Fsp3) is 0.296. The highest BCUT2D eigenvalue weighted by Gasteiger charge is 2.28. The number of piperidine rings is 1. The summed E-state index contributed by atoms with van der Waals surface area (Å²) in [6.45, 7) is 3.44. The third-order valence-electron chi connectivity index (χ3n) is 6.18. The number of carbonyl (C=O) groups is 1. The zero-order chi connectivity index (χ0) is 24.1. The SMILES string of the molecule is C/C=C(F)\C(=C(/C)F)c1ccc(-c2cn(C(=O)N3CCCCC3Cc3ccccc3)nn2)cc1. The fourth-order valence-electron chi connectivity index (χ4n) is 4.43. The van der Waals surface area contributed by atoms with E-state index in [1.165, 1.54) is 30.2 Å². The first-order valence-corrected chi connectivity index (χ1v) is 11.5. The molecule has 0 bridgehead atoms. The zero-order valence-corrected chi connectivity index (χ0v) is 19.4. The standard InChI is InChI=1S/C27H28F2N4O/c1-3-24(29)26(19(2)28)22-14-12-21(13-15-22)25-18-33(31-30-25)27(34)32-16-8-7-11-23(32)17-20-9-5-4-6-10-20/h3-6,9-10,12-15,18,23H,7-8,11,16-17H2,1-2H3/b24-3+,26-19+. The maximum Gasteiger partial charge on any atom is 0.346 e. The van der Waals surface area contributed by atoms with Gasteiger partial charge in [0.25, 0.3) is 0 Å². The highest BCUT2D eigenvalue weighted by atomic mass is 19.1. The molecule has 0 spiro atoms.